The van der Waals surface area contributed by atoms with E-state index < -0.39 is 5.82 Å². The molecule has 0 unspecified atom stereocenters. The molecule has 2 aromatic carbocycles. The van der Waals surface area contributed by atoms with E-state index in [4.69, 9.17) is 4.74 Å². The molecule has 4 rings (SSSR count). The maximum Gasteiger partial charge on any atom is 0.167 e. The average Bonchev–Trinajstić information content (AvgIpc) is 3.10. The van der Waals surface area contributed by atoms with Crippen LogP contribution in [0.4, 0.5) is 8.78 Å². The van der Waals surface area contributed by atoms with Gasteiger partial charge in [-0.2, -0.15) is 5.10 Å². The highest BCUT2D eigenvalue weighted by molar-refractivity contribution is 5.79. The third kappa shape index (κ3) is 3.55. The fourth-order valence-electron chi connectivity index (χ4n) is 3.75. The Morgan fingerprint density at radius 3 is 2.85 bits per heavy atom. The second kappa shape index (κ2) is 7.41. The fraction of sp³-hybridized carbons (Fsp3) is 0.350. The Morgan fingerprint density at radius 2 is 2.00 bits per heavy atom. The number of halogens is 2. The van der Waals surface area contributed by atoms with Crippen LogP contribution in [0, 0.1) is 17.6 Å². The summed E-state index contributed by atoms with van der Waals surface area (Å²) in [6.45, 7) is 2.27. The number of nitrogens with one attached hydrogen (secondary N) is 2. The molecule has 0 saturated carbocycles. The second-order valence-electron chi connectivity index (χ2n) is 6.79. The SMILES string of the molecule is Fc1ccc([C@@H]2CCNC[C@H]2CCOc2cc3cn[nH]c3cc2F)cc1. The molecule has 136 valence electrons. The van der Waals surface area contributed by atoms with Gasteiger partial charge >= 0.3 is 0 Å². The van der Waals surface area contributed by atoms with Gasteiger partial charge in [-0.3, -0.25) is 5.10 Å². The van der Waals surface area contributed by atoms with E-state index in [-0.39, 0.29) is 11.6 Å². The van der Waals surface area contributed by atoms with Crippen LogP contribution in [0.3, 0.4) is 0 Å². The van der Waals surface area contributed by atoms with E-state index in [2.05, 4.69) is 15.5 Å². The van der Waals surface area contributed by atoms with Crippen LogP contribution in [0.2, 0.25) is 0 Å². The van der Waals surface area contributed by atoms with Crippen molar-refractivity contribution in [2.75, 3.05) is 19.7 Å². The highest BCUT2D eigenvalue weighted by atomic mass is 19.1. The third-order valence-corrected chi connectivity index (χ3v) is 5.14. The van der Waals surface area contributed by atoms with Crippen LogP contribution in [-0.2, 0) is 0 Å². The van der Waals surface area contributed by atoms with E-state index in [0.717, 1.165) is 36.9 Å². The number of ether oxygens (including phenoxy) is 1. The van der Waals surface area contributed by atoms with Crippen molar-refractivity contribution in [3.63, 3.8) is 0 Å². The second-order valence-corrected chi connectivity index (χ2v) is 6.79. The summed E-state index contributed by atoms with van der Waals surface area (Å²) in [4.78, 5) is 0. The van der Waals surface area contributed by atoms with Crippen LogP contribution < -0.4 is 10.1 Å². The first-order chi connectivity index (χ1) is 12.7. The van der Waals surface area contributed by atoms with Gasteiger partial charge in [0.1, 0.15) is 5.82 Å². The Bertz CT molecular complexity index is 878. The Balaban J connectivity index is 1.41. The lowest BCUT2D eigenvalue weighted by atomic mass is 9.79. The molecule has 1 saturated heterocycles. The molecule has 2 heterocycles. The predicted molar refractivity (Wildman–Crippen MR) is 96.3 cm³/mol. The largest absolute Gasteiger partial charge is 0.490 e. The molecule has 0 radical (unpaired) electrons. The van der Waals surface area contributed by atoms with E-state index in [1.165, 1.54) is 18.2 Å². The summed E-state index contributed by atoms with van der Waals surface area (Å²) in [6, 6.07) is 9.84. The molecule has 2 atom stereocenters. The van der Waals surface area contributed by atoms with Crippen molar-refractivity contribution in [2.24, 2.45) is 5.92 Å². The summed E-state index contributed by atoms with van der Waals surface area (Å²) in [5.41, 5.74) is 1.81. The maximum absolute atomic E-state index is 14.1. The number of aromatic amines is 1. The van der Waals surface area contributed by atoms with Gasteiger partial charge in [-0.05, 0) is 61.5 Å². The summed E-state index contributed by atoms with van der Waals surface area (Å²) in [5.74, 6) is 0.379. The van der Waals surface area contributed by atoms with Crippen molar-refractivity contribution in [3.8, 4) is 5.75 Å². The summed E-state index contributed by atoms with van der Waals surface area (Å²) >= 11 is 0. The summed E-state index contributed by atoms with van der Waals surface area (Å²) in [6.07, 6.45) is 3.46. The minimum absolute atomic E-state index is 0.215. The molecule has 1 aromatic heterocycles. The third-order valence-electron chi connectivity index (χ3n) is 5.14. The van der Waals surface area contributed by atoms with Crippen molar-refractivity contribution in [3.05, 3.63) is 59.8 Å². The zero-order valence-electron chi connectivity index (χ0n) is 14.3. The minimum Gasteiger partial charge on any atom is -0.490 e. The van der Waals surface area contributed by atoms with E-state index >= 15 is 0 Å². The molecule has 0 spiro atoms. The Morgan fingerprint density at radius 1 is 1.15 bits per heavy atom. The number of hydrogen-bond acceptors (Lipinski definition) is 3. The number of benzene rings is 2. The lowest BCUT2D eigenvalue weighted by Crippen LogP contribution is -2.36. The van der Waals surface area contributed by atoms with Gasteiger partial charge in [0.15, 0.2) is 11.6 Å². The van der Waals surface area contributed by atoms with Crippen molar-refractivity contribution in [1.29, 1.82) is 0 Å². The Kier molecular flexibility index (Phi) is 4.84. The van der Waals surface area contributed by atoms with Gasteiger partial charge < -0.3 is 10.1 Å². The standard InChI is InChI=1S/C20H21F2N3O/c21-16-3-1-13(2-4-16)17-5-7-23-11-14(17)6-8-26-20-9-15-12-24-25-19(15)10-18(20)22/h1-4,9-10,12,14,17,23H,5-8,11H2,(H,24,25)/t14-,17+/m1/s1. The maximum atomic E-state index is 14.1. The highest BCUT2D eigenvalue weighted by Crippen LogP contribution is 2.33. The molecule has 26 heavy (non-hydrogen) atoms. The summed E-state index contributed by atoms with van der Waals surface area (Å²) < 4.78 is 33.0. The Hall–Kier alpha value is -2.47. The van der Waals surface area contributed by atoms with Gasteiger partial charge in [0.25, 0.3) is 0 Å². The molecule has 0 aliphatic carbocycles. The molecule has 4 nitrogen and oxygen atoms in total. The van der Waals surface area contributed by atoms with Crippen molar-refractivity contribution in [2.45, 2.75) is 18.8 Å². The highest BCUT2D eigenvalue weighted by Gasteiger charge is 2.26. The van der Waals surface area contributed by atoms with Gasteiger partial charge in [0.05, 0.1) is 18.3 Å². The van der Waals surface area contributed by atoms with E-state index in [0.29, 0.717) is 24.0 Å². The summed E-state index contributed by atoms with van der Waals surface area (Å²) in [7, 11) is 0. The molecule has 0 bridgehead atoms. The van der Waals surface area contributed by atoms with Crippen molar-refractivity contribution in [1.82, 2.24) is 15.5 Å². The first-order valence-corrected chi connectivity index (χ1v) is 8.92. The van der Waals surface area contributed by atoms with Gasteiger partial charge in [0.2, 0.25) is 0 Å². The van der Waals surface area contributed by atoms with Crippen LogP contribution in [0.1, 0.15) is 24.3 Å². The number of aromatic nitrogens is 2. The van der Waals surface area contributed by atoms with Crippen LogP contribution in [-0.4, -0.2) is 29.9 Å². The van der Waals surface area contributed by atoms with Crippen LogP contribution in [0.25, 0.3) is 10.9 Å². The van der Waals surface area contributed by atoms with Crippen LogP contribution in [0.15, 0.2) is 42.6 Å². The molecule has 1 aliphatic heterocycles. The molecular formula is C20H21F2N3O. The van der Waals surface area contributed by atoms with Crippen LogP contribution >= 0.6 is 0 Å². The molecule has 6 heteroatoms. The van der Waals surface area contributed by atoms with Gasteiger partial charge in [-0.1, -0.05) is 12.1 Å². The lowest BCUT2D eigenvalue weighted by molar-refractivity contribution is 0.229. The zero-order valence-corrected chi connectivity index (χ0v) is 14.3. The number of fused-ring (bicyclic) bond motifs is 1. The number of H-pyrrole nitrogens is 1. The van der Waals surface area contributed by atoms with Gasteiger partial charge in [-0.25, -0.2) is 8.78 Å². The van der Waals surface area contributed by atoms with Gasteiger partial charge in [-0.15, -0.1) is 0 Å². The van der Waals surface area contributed by atoms with Crippen molar-refractivity contribution < 1.29 is 13.5 Å². The predicted octanol–water partition coefficient (Wildman–Crippen LogP) is 4.00. The zero-order chi connectivity index (χ0) is 17.9. The number of hydrogen-bond donors (Lipinski definition) is 2. The van der Waals surface area contributed by atoms with Crippen molar-refractivity contribution >= 4 is 10.9 Å². The molecule has 1 fully saturated rings. The summed E-state index contributed by atoms with van der Waals surface area (Å²) in [5, 5.41) is 10.9. The monoisotopic (exact) mass is 357 g/mol. The first kappa shape index (κ1) is 17.0. The quantitative estimate of drug-likeness (QED) is 0.726. The van der Waals surface area contributed by atoms with Crippen LogP contribution in [0.5, 0.6) is 5.75 Å². The number of rotatable bonds is 5. The number of piperidine rings is 1. The van der Waals surface area contributed by atoms with E-state index in [1.54, 1.807) is 12.3 Å². The van der Waals surface area contributed by atoms with Gasteiger partial charge in [0, 0.05) is 11.5 Å². The molecule has 1 aliphatic rings. The van der Waals surface area contributed by atoms with E-state index in [1.807, 2.05) is 12.1 Å². The molecule has 2 N–H and O–H groups in total. The molecule has 3 aromatic rings. The topological polar surface area (TPSA) is 49.9 Å². The smallest absolute Gasteiger partial charge is 0.167 e. The number of nitrogens with zero attached hydrogens (tertiary/aromatic N) is 1. The first-order valence-electron chi connectivity index (χ1n) is 8.92. The fourth-order valence-corrected chi connectivity index (χ4v) is 3.75. The lowest BCUT2D eigenvalue weighted by Gasteiger charge is -2.32. The van der Waals surface area contributed by atoms with E-state index in [9.17, 15) is 8.78 Å². The molecule has 0 amide bonds. The average molecular weight is 357 g/mol. The Labute approximate surface area is 150 Å². The molecular weight excluding hydrogens is 336 g/mol. The minimum atomic E-state index is -0.390. The normalized spacial score (nSPS) is 20.4.